The Labute approximate surface area is 249 Å². The van der Waals surface area contributed by atoms with Crippen molar-refractivity contribution in [2.24, 2.45) is 9.98 Å². The number of nitrogens with zero attached hydrogens (tertiary/aromatic N) is 7. The summed E-state index contributed by atoms with van der Waals surface area (Å²) < 4.78 is 0. The summed E-state index contributed by atoms with van der Waals surface area (Å²) in [5, 5.41) is 5.41. The first-order valence-electron chi connectivity index (χ1n) is 14.6. The second kappa shape index (κ2) is 14.4. The summed E-state index contributed by atoms with van der Waals surface area (Å²) in [6.07, 6.45) is 4.99. The topological polar surface area (TPSA) is 62.6 Å². The molecule has 3 heterocycles. The van der Waals surface area contributed by atoms with E-state index in [0.717, 1.165) is 100.0 Å². The van der Waals surface area contributed by atoms with Crippen LogP contribution in [0.1, 0.15) is 13.3 Å². The number of rotatable bonds is 10. The predicted molar refractivity (Wildman–Crippen MR) is 174 cm³/mol. The number of hydrogen-bond donors (Lipinski definition) is 1. The number of hydrogen-bond acceptors (Lipinski definition) is 7. The van der Waals surface area contributed by atoms with Crippen LogP contribution >= 0.6 is 11.6 Å². The molecule has 9 heteroatoms. The van der Waals surface area contributed by atoms with Crippen LogP contribution in [-0.2, 0) is 0 Å². The number of pyridine rings is 1. The predicted octanol–water partition coefficient (Wildman–Crippen LogP) is 5.09. The first kappa shape index (κ1) is 29.0. The summed E-state index contributed by atoms with van der Waals surface area (Å²) in [7, 11) is 0. The van der Waals surface area contributed by atoms with Crippen molar-refractivity contribution in [3.8, 4) is 0 Å². The van der Waals surface area contributed by atoms with Crippen LogP contribution in [0, 0.1) is 0 Å². The zero-order valence-electron chi connectivity index (χ0n) is 24.1. The van der Waals surface area contributed by atoms with Crippen molar-refractivity contribution >= 4 is 46.4 Å². The van der Waals surface area contributed by atoms with Crippen LogP contribution in [0.15, 0.2) is 82.6 Å². The van der Waals surface area contributed by atoms with E-state index in [0.29, 0.717) is 11.7 Å². The molecule has 41 heavy (non-hydrogen) atoms. The number of amidine groups is 1. The maximum absolute atomic E-state index is 6.13. The Bertz CT molecular complexity index is 1340. The third-order valence-corrected chi connectivity index (χ3v) is 8.12. The first-order valence-corrected chi connectivity index (χ1v) is 14.9. The van der Waals surface area contributed by atoms with Crippen molar-refractivity contribution in [2.75, 3.05) is 82.3 Å². The third-order valence-electron chi connectivity index (χ3n) is 7.88. The number of fused-ring (bicyclic) bond motifs is 1. The van der Waals surface area contributed by atoms with Crippen LogP contribution in [-0.4, -0.2) is 104 Å². The maximum Gasteiger partial charge on any atom is 0.126 e. The molecule has 8 nitrogen and oxygen atoms in total. The summed E-state index contributed by atoms with van der Waals surface area (Å²) >= 11 is 6.13. The molecule has 1 aromatic heterocycles. The van der Waals surface area contributed by atoms with Crippen molar-refractivity contribution in [2.45, 2.75) is 13.3 Å². The molecule has 0 amide bonds. The summed E-state index contributed by atoms with van der Waals surface area (Å²) in [4.78, 5) is 23.5. The summed E-state index contributed by atoms with van der Waals surface area (Å²) in [5.41, 5.74) is 4.23. The van der Waals surface area contributed by atoms with E-state index in [-0.39, 0.29) is 0 Å². The fourth-order valence-corrected chi connectivity index (χ4v) is 5.60. The molecule has 2 aliphatic heterocycles. The smallest absolute Gasteiger partial charge is 0.126 e. The highest BCUT2D eigenvalue weighted by atomic mass is 35.5. The molecule has 0 radical (unpaired) electrons. The molecule has 2 fully saturated rings. The Morgan fingerprint density at radius 3 is 2.49 bits per heavy atom. The molecule has 2 aromatic carbocycles. The van der Waals surface area contributed by atoms with Gasteiger partial charge in [-0.1, -0.05) is 29.8 Å². The van der Waals surface area contributed by atoms with Crippen LogP contribution in [0.25, 0.3) is 10.9 Å². The zero-order chi connectivity index (χ0) is 28.4. The fourth-order valence-electron chi connectivity index (χ4n) is 5.43. The van der Waals surface area contributed by atoms with Crippen LogP contribution in [0.3, 0.4) is 0 Å². The van der Waals surface area contributed by atoms with Gasteiger partial charge >= 0.3 is 0 Å². The van der Waals surface area contributed by atoms with E-state index < -0.39 is 0 Å². The van der Waals surface area contributed by atoms with Gasteiger partial charge in [-0.3, -0.25) is 24.8 Å². The zero-order valence-corrected chi connectivity index (χ0v) is 24.8. The molecule has 0 unspecified atom stereocenters. The van der Waals surface area contributed by atoms with Crippen LogP contribution in [0.4, 0.5) is 11.4 Å². The Hall–Kier alpha value is -3.46. The molecule has 0 bridgehead atoms. The van der Waals surface area contributed by atoms with Crippen molar-refractivity contribution < 1.29 is 0 Å². The van der Waals surface area contributed by atoms with Crippen molar-refractivity contribution in [1.29, 1.82) is 0 Å². The van der Waals surface area contributed by atoms with Gasteiger partial charge in [0.25, 0.3) is 0 Å². The molecule has 216 valence electrons. The number of benzene rings is 2. The highest BCUT2D eigenvalue weighted by Gasteiger charge is 2.20. The van der Waals surface area contributed by atoms with Gasteiger partial charge in [0.05, 0.1) is 12.2 Å². The van der Waals surface area contributed by atoms with Gasteiger partial charge in [-0.25, -0.2) is 0 Å². The van der Waals surface area contributed by atoms with E-state index in [4.69, 9.17) is 16.6 Å². The lowest BCUT2D eigenvalue weighted by Crippen LogP contribution is -2.49. The van der Waals surface area contributed by atoms with E-state index in [9.17, 15) is 0 Å². The second-order valence-electron chi connectivity index (χ2n) is 10.7. The summed E-state index contributed by atoms with van der Waals surface area (Å²) in [5.74, 6) is 1.02. The van der Waals surface area contributed by atoms with Crippen LogP contribution < -0.4 is 10.2 Å². The van der Waals surface area contributed by atoms with Gasteiger partial charge in [0, 0.05) is 98.7 Å². The number of aliphatic imine (C=N–C) groups is 2. The molecule has 5 rings (SSSR count). The van der Waals surface area contributed by atoms with E-state index in [1.54, 1.807) is 0 Å². The van der Waals surface area contributed by atoms with Gasteiger partial charge in [-0.2, -0.15) is 0 Å². The number of allylic oxidation sites excluding steroid dienone is 1. The van der Waals surface area contributed by atoms with E-state index in [2.05, 4.69) is 78.0 Å². The van der Waals surface area contributed by atoms with Gasteiger partial charge in [-0.05, 0) is 63.0 Å². The highest BCUT2D eigenvalue weighted by Crippen LogP contribution is 2.24. The van der Waals surface area contributed by atoms with Gasteiger partial charge in [0.15, 0.2) is 0 Å². The lowest BCUT2D eigenvalue weighted by Gasteiger charge is -2.37. The van der Waals surface area contributed by atoms with E-state index in [1.807, 2.05) is 37.4 Å². The lowest BCUT2D eigenvalue weighted by molar-refractivity contribution is 0.181. The molecule has 0 aliphatic carbocycles. The Balaban J connectivity index is 1.08. The third kappa shape index (κ3) is 8.06. The standard InChI is InChI=1S/C32H41ClN8/c1-26(34-2)23-32(37-25-39-17-19-40(20-18-39)28-7-4-3-5-8-28)41-21-15-38(16-22-41)14-6-12-35-30-11-13-36-31-24-27(33)9-10-29(30)31/h3-5,7-11,13,23-24H,2,6,12,14-22,25H2,1H3,(H,35,36)/b26-23-,37-32?. The molecule has 2 aliphatic rings. The fraction of sp³-hybridized carbons (Fsp3) is 0.406. The van der Waals surface area contributed by atoms with Gasteiger partial charge < -0.3 is 15.1 Å². The van der Waals surface area contributed by atoms with Crippen molar-refractivity contribution in [3.63, 3.8) is 0 Å². The molecular formula is C32H41ClN8. The van der Waals surface area contributed by atoms with Crippen LogP contribution in [0.2, 0.25) is 5.02 Å². The monoisotopic (exact) mass is 572 g/mol. The largest absolute Gasteiger partial charge is 0.384 e. The average molecular weight is 573 g/mol. The van der Waals surface area contributed by atoms with Gasteiger partial charge in [0.2, 0.25) is 0 Å². The molecular weight excluding hydrogens is 532 g/mol. The Morgan fingerprint density at radius 1 is 0.976 bits per heavy atom. The number of aromatic nitrogens is 1. The van der Waals surface area contributed by atoms with Gasteiger partial charge in [-0.15, -0.1) is 0 Å². The highest BCUT2D eigenvalue weighted by molar-refractivity contribution is 6.31. The van der Waals surface area contributed by atoms with Crippen LogP contribution in [0.5, 0.6) is 0 Å². The van der Waals surface area contributed by atoms with Crippen molar-refractivity contribution in [3.05, 3.63) is 77.6 Å². The molecule has 2 saturated heterocycles. The molecule has 3 aromatic rings. The van der Waals surface area contributed by atoms with E-state index in [1.165, 1.54) is 5.69 Å². The Morgan fingerprint density at radius 2 is 1.73 bits per heavy atom. The SMILES string of the molecule is C=N/C(C)=C\C(=NCN1CCN(c2ccccc2)CC1)N1CCN(CCCNc2ccnc3cc(Cl)ccc23)CC1. The quantitative estimate of drug-likeness (QED) is 0.207. The minimum Gasteiger partial charge on any atom is -0.384 e. The first-order chi connectivity index (χ1) is 20.1. The molecule has 0 atom stereocenters. The number of nitrogens with one attached hydrogen (secondary N) is 1. The minimum absolute atomic E-state index is 0.709. The van der Waals surface area contributed by atoms with E-state index >= 15 is 0 Å². The van der Waals surface area contributed by atoms with Gasteiger partial charge in [0.1, 0.15) is 5.84 Å². The number of piperazine rings is 2. The number of anilines is 2. The molecule has 0 saturated carbocycles. The molecule has 0 spiro atoms. The maximum atomic E-state index is 6.13. The average Bonchev–Trinajstić information content (AvgIpc) is 3.02. The molecule has 1 N–H and O–H groups in total. The summed E-state index contributed by atoms with van der Waals surface area (Å²) in [6.45, 7) is 16.5. The second-order valence-corrected chi connectivity index (χ2v) is 11.1. The summed E-state index contributed by atoms with van der Waals surface area (Å²) in [6, 6.07) is 18.6. The normalized spacial score (nSPS) is 17.7. The number of halogens is 1. The lowest BCUT2D eigenvalue weighted by atomic mass is 10.2. The minimum atomic E-state index is 0.709. The van der Waals surface area contributed by atoms with Crippen molar-refractivity contribution in [1.82, 2.24) is 19.7 Å². The number of para-hydroxylation sites is 1. The Kier molecular flexibility index (Phi) is 10.2.